The predicted octanol–water partition coefficient (Wildman–Crippen LogP) is 6.09. The van der Waals surface area contributed by atoms with Gasteiger partial charge in [-0.1, -0.05) is 48.9 Å². The van der Waals surface area contributed by atoms with E-state index in [1.807, 2.05) is 54.6 Å². The highest BCUT2D eigenvalue weighted by Crippen LogP contribution is 2.32. The van der Waals surface area contributed by atoms with Gasteiger partial charge in [0, 0.05) is 23.8 Å². The summed E-state index contributed by atoms with van der Waals surface area (Å²) in [5.41, 5.74) is 3.19. The highest BCUT2D eigenvalue weighted by molar-refractivity contribution is 6.06. The van der Waals surface area contributed by atoms with E-state index in [9.17, 15) is 13.6 Å². The van der Waals surface area contributed by atoms with Gasteiger partial charge < -0.3 is 19.3 Å². The summed E-state index contributed by atoms with van der Waals surface area (Å²) < 4.78 is 35.3. The van der Waals surface area contributed by atoms with Gasteiger partial charge in [-0.3, -0.25) is 4.79 Å². The van der Waals surface area contributed by atoms with Crippen molar-refractivity contribution in [3.8, 4) is 22.6 Å². The topological polar surface area (TPSA) is 42.0 Å². The Morgan fingerprint density at radius 3 is 2.49 bits per heavy atom. The summed E-state index contributed by atoms with van der Waals surface area (Å²) in [6, 6.07) is 22.4. The Morgan fingerprint density at radius 2 is 1.77 bits per heavy atom. The summed E-state index contributed by atoms with van der Waals surface area (Å²) in [6.45, 7) is -1.47. The number of hydrogen-bond donors (Lipinski definition) is 0. The van der Waals surface area contributed by atoms with Crippen molar-refractivity contribution in [1.82, 2.24) is 4.90 Å². The second-order valence-electron chi connectivity index (χ2n) is 8.71. The van der Waals surface area contributed by atoms with E-state index < -0.39 is 6.61 Å². The lowest BCUT2D eigenvalue weighted by Crippen LogP contribution is -2.46. The quantitative estimate of drug-likeness (QED) is 0.391. The molecule has 0 N–H and O–H groups in total. The average molecular weight is 481 g/mol. The summed E-state index contributed by atoms with van der Waals surface area (Å²) in [5, 5.41) is 0. The number of piperidine rings is 1. The van der Waals surface area contributed by atoms with Gasteiger partial charge in [-0.2, -0.15) is 8.78 Å². The molecule has 0 spiro atoms. The predicted molar refractivity (Wildman–Crippen MR) is 133 cm³/mol. The van der Waals surface area contributed by atoms with E-state index in [0.717, 1.165) is 42.6 Å². The zero-order chi connectivity index (χ0) is 24.8. The number of carbonyl (C=O) groups is 1. The van der Waals surface area contributed by atoms with Crippen LogP contribution in [0.5, 0.6) is 11.5 Å². The summed E-state index contributed by atoms with van der Waals surface area (Å²) in [5.74, 6) is -0.247. The maximum absolute atomic E-state index is 13.8. The first-order chi connectivity index (χ1) is 17.0. The molecule has 1 amide bonds. The molecule has 0 bridgehead atoms. The molecule has 1 fully saturated rings. The number of likely N-dealkylation sites (N-methyl/N-ethyl adjacent to an activating group) is 1. The van der Waals surface area contributed by atoms with Crippen molar-refractivity contribution in [2.24, 2.45) is 0 Å². The maximum Gasteiger partial charge on any atom is 0.387 e. The number of benzene rings is 3. The van der Waals surface area contributed by atoms with Gasteiger partial charge >= 0.3 is 6.61 Å². The van der Waals surface area contributed by atoms with Crippen molar-refractivity contribution in [2.75, 3.05) is 32.1 Å². The molecule has 1 aliphatic rings. The number of rotatable bonds is 8. The Labute approximate surface area is 204 Å². The molecule has 0 radical (unpaired) electrons. The molecule has 0 unspecified atom stereocenters. The van der Waals surface area contributed by atoms with Crippen molar-refractivity contribution in [2.45, 2.75) is 31.9 Å². The Balaban J connectivity index is 1.70. The highest BCUT2D eigenvalue weighted by Gasteiger charge is 2.27. The third-order valence-electron chi connectivity index (χ3n) is 6.45. The number of likely N-dealkylation sites (tertiary alicyclic amines) is 1. The minimum absolute atomic E-state index is 0.0870. The van der Waals surface area contributed by atoms with Crippen molar-refractivity contribution in [3.05, 3.63) is 78.4 Å². The van der Waals surface area contributed by atoms with Gasteiger partial charge in [0.1, 0.15) is 0 Å². The number of amides is 1. The molecule has 184 valence electrons. The Morgan fingerprint density at radius 1 is 1.00 bits per heavy atom. The fourth-order valence-corrected chi connectivity index (χ4v) is 4.52. The first-order valence-corrected chi connectivity index (χ1v) is 11.8. The Bertz CT molecular complexity index is 1140. The van der Waals surface area contributed by atoms with Crippen LogP contribution in [0.2, 0.25) is 0 Å². The molecule has 3 aromatic carbocycles. The van der Waals surface area contributed by atoms with Crippen molar-refractivity contribution in [1.29, 1.82) is 0 Å². The molecular formula is C28H30F2N2O3. The minimum atomic E-state index is -2.98. The minimum Gasteiger partial charge on any atom is -0.493 e. The van der Waals surface area contributed by atoms with E-state index in [1.165, 1.54) is 25.3 Å². The van der Waals surface area contributed by atoms with Crippen LogP contribution in [0.4, 0.5) is 14.5 Å². The van der Waals surface area contributed by atoms with Crippen LogP contribution in [0.1, 0.15) is 29.6 Å². The molecule has 0 aromatic heterocycles. The number of methoxy groups -OCH3 is 1. The number of halogens is 2. The van der Waals surface area contributed by atoms with Crippen LogP contribution >= 0.6 is 0 Å². The van der Waals surface area contributed by atoms with Crippen LogP contribution in [-0.2, 0) is 0 Å². The lowest BCUT2D eigenvalue weighted by atomic mass is 10.0. The summed E-state index contributed by atoms with van der Waals surface area (Å²) in [4.78, 5) is 17.9. The second-order valence-corrected chi connectivity index (χ2v) is 8.71. The molecule has 3 aromatic rings. The summed E-state index contributed by atoms with van der Waals surface area (Å²) in [6.07, 6.45) is 3.27. The van der Waals surface area contributed by atoms with Crippen molar-refractivity contribution < 1.29 is 23.0 Å². The number of nitrogens with zero attached hydrogens (tertiary/aromatic N) is 2. The zero-order valence-corrected chi connectivity index (χ0v) is 20.0. The zero-order valence-electron chi connectivity index (χ0n) is 20.0. The monoisotopic (exact) mass is 480 g/mol. The highest BCUT2D eigenvalue weighted by atomic mass is 19.3. The van der Waals surface area contributed by atoms with Gasteiger partial charge in [-0.25, -0.2) is 0 Å². The van der Waals surface area contributed by atoms with E-state index in [4.69, 9.17) is 4.74 Å². The van der Waals surface area contributed by atoms with E-state index in [1.54, 1.807) is 4.90 Å². The Kier molecular flexibility index (Phi) is 7.98. The third-order valence-corrected chi connectivity index (χ3v) is 6.45. The van der Waals surface area contributed by atoms with E-state index in [-0.39, 0.29) is 23.4 Å². The first-order valence-electron chi connectivity index (χ1n) is 11.8. The van der Waals surface area contributed by atoms with Crippen LogP contribution < -0.4 is 14.4 Å². The lowest BCUT2D eigenvalue weighted by molar-refractivity contribution is -0.0512. The van der Waals surface area contributed by atoms with Gasteiger partial charge in [0.05, 0.1) is 7.11 Å². The van der Waals surface area contributed by atoms with Crippen molar-refractivity contribution in [3.63, 3.8) is 0 Å². The van der Waals surface area contributed by atoms with Gasteiger partial charge in [0.15, 0.2) is 11.5 Å². The molecule has 0 aliphatic carbocycles. The Hall–Kier alpha value is -3.45. The van der Waals surface area contributed by atoms with Gasteiger partial charge in [0.25, 0.3) is 5.91 Å². The standard InChI is InChI=1S/C28H30F2N2O3/c1-31-16-7-6-12-24(31)19-32(23-13-8-11-21(17-23)20-9-4-3-5-10-20)27(33)22-14-15-25(35-28(29)30)26(18-22)34-2/h3-5,8-11,13-15,17-18,24,28H,6-7,12,16,19H2,1-2H3/t24-/m0/s1. The number of anilines is 1. The normalized spacial score (nSPS) is 16.2. The molecule has 1 aliphatic heterocycles. The molecule has 35 heavy (non-hydrogen) atoms. The van der Waals surface area contributed by atoms with Crippen LogP contribution in [0.3, 0.4) is 0 Å². The van der Waals surface area contributed by atoms with Crippen LogP contribution in [0, 0.1) is 0 Å². The van der Waals surface area contributed by atoms with Gasteiger partial charge in [-0.15, -0.1) is 0 Å². The summed E-state index contributed by atoms with van der Waals surface area (Å²) >= 11 is 0. The average Bonchev–Trinajstić information content (AvgIpc) is 2.88. The van der Waals surface area contributed by atoms with Gasteiger partial charge in [-0.05, 0) is 67.9 Å². The number of alkyl halides is 2. The number of carbonyl (C=O) groups excluding carboxylic acids is 1. The van der Waals surface area contributed by atoms with Gasteiger partial charge in [0.2, 0.25) is 0 Å². The molecule has 1 saturated heterocycles. The smallest absolute Gasteiger partial charge is 0.387 e. The molecule has 4 rings (SSSR count). The molecular weight excluding hydrogens is 450 g/mol. The first kappa shape index (κ1) is 24.7. The number of hydrogen-bond acceptors (Lipinski definition) is 4. The lowest BCUT2D eigenvalue weighted by Gasteiger charge is -2.36. The SMILES string of the molecule is COc1cc(C(=O)N(C[C@@H]2CCCCN2C)c2cccc(-c3ccccc3)c2)ccc1OC(F)F. The molecule has 0 saturated carbocycles. The largest absolute Gasteiger partial charge is 0.493 e. The van der Waals surface area contributed by atoms with E-state index in [2.05, 4.69) is 16.7 Å². The van der Waals surface area contributed by atoms with Crippen LogP contribution in [-0.4, -0.2) is 50.7 Å². The maximum atomic E-state index is 13.8. The van der Waals surface area contributed by atoms with Crippen LogP contribution in [0.25, 0.3) is 11.1 Å². The molecule has 1 atom stereocenters. The van der Waals surface area contributed by atoms with Crippen molar-refractivity contribution >= 4 is 11.6 Å². The fraction of sp³-hybridized carbons (Fsp3) is 0.321. The summed E-state index contributed by atoms with van der Waals surface area (Å²) in [7, 11) is 3.45. The second kappa shape index (κ2) is 11.3. The molecule has 7 heteroatoms. The molecule has 1 heterocycles. The molecule has 5 nitrogen and oxygen atoms in total. The third kappa shape index (κ3) is 5.98. The van der Waals surface area contributed by atoms with Crippen LogP contribution in [0.15, 0.2) is 72.8 Å². The number of ether oxygens (including phenoxy) is 2. The van der Waals surface area contributed by atoms with E-state index in [0.29, 0.717) is 12.1 Å². The fourth-order valence-electron chi connectivity index (χ4n) is 4.52. The van der Waals surface area contributed by atoms with E-state index >= 15 is 0 Å².